The van der Waals surface area contributed by atoms with Crippen LogP contribution < -0.4 is 10.6 Å². The largest absolute Gasteiger partial charge is 0.394 e. The molecule has 5 aliphatic rings. The number of carbonyl (C=O) groups excluding carboxylic acids is 2. The highest BCUT2D eigenvalue weighted by Gasteiger charge is 2.57. The summed E-state index contributed by atoms with van der Waals surface area (Å²) in [6.07, 6.45) is -42.7. The highest BCUT2D eigenvalue weighted by molar-refractivity contribution is 5.73. The number of nitrogens with one attached hydrogen (secondary N) is 2. The molecule has 0 saturated carbocycles. The van der Waals surface area contributed by atoms with Gasteiger partial charge in [0.2, 0.25) is 11.8 Å². The summed E-state index contributed by atoms with van der Waals surface area (Å²) in [5.41, 5.74) is 0. The van der Waals surface area contributed by atoms with Gasteiger partial charge in [-0.1, -0.05) is 0 Å². The summed E-state index contributed by atoms with van der Waals surface area (Å²) in [5, 5.41) is 163. The molecule has 5 heterocycles. The highest BCUT2D eigenvalue weighted by Crippen LogP contribution is 2.36. The predicted octanol–water partition coefficient (Wildman–Crippen LogP) is -11.6. The van der Waals surface area contributed by atoms with Crippen molar-refractivity contribution in [3.8, 4) is 0 Å². The second-order valence-electron chi connectivity index (χ2n) is 15.4. The SMILES string of the molecule is CC(=O)N[C@H]1[C@H](O[C@H]2[C@H](O)[C@@H](NC(C)=O)C(O)O[C@@H]2CO)O[C@H](CO)[C@@H](O[C@@H]2O[C@H](CO)[C@@H](O)[C@H](O[C@H]3O[C@H](CO)[C@@H](O)[C@H](O)[C@@H]3O[C@H]3O[C@H](CO)[C@@H](O)[C@H](O)[C@@H]3O)[C@@H]2O)[C@@H]1O. The van der Waals surface area contributed by atoms with Crippen molar-refractivity contribution in [2.24, 2.45) is 0 Å². The van der Waals surface area contributed by atoms with Crippen LogP contribution in [0.1, 0.15) is 13.8 Å². The van der Waals surface area contributed by atoms with Crippen molar-refractivity contribution in [2.45, 2.75) is 167 Å². The monoisotopic (exact) mass is 910 g/mol. The van der Waals surface area contributed by atoms with Gasteiger partial charge in [0.05, 0.1) is 33.0 Å². The lowest BCUT2D eigenvalue weighted by atomic mass is 9.94. The lowest BCUT2D eigenvalue weighted by Gasteiger charge is -2.50. The third kappa shape index (κ3) is 10.8. The van der Waals surface area contributed by atoms with Crippen molar-refractivity contribution in [3.63, 3.8) is 0 Å². The van der Waals surface area contributed by atoms with Gasteiger partial charge < -0.3 is 130 Å². The van der Waals surface area contributed by atoms with Crippen molar-refractivity contribution < 1.29 is 129 Å². The van der Waals surface area contributed by atoms with Gasteiger partial charge in [-0.05, 0) is 0 Å². The van der Waals surface area contributed by atoms with Crippen molar-refractivity contribution in [1.82, 2.24) is 10.6 Å². The first-order chi connectivity index (χ1) is 29.3. The number of hydrogen-bond donors (Lipinski definition) is 17. The van der Waals surface area contributed by atoms with E-state index in [0.717, 1.165) is 13.8 Å². The number of aliphatic hydroxyl groups is 15. The molecule has 17 N–H and O–H groups in total. The Hall–Kier alpha value is -2.02. The zero-order chi connectivity index (χ0) is 45.9. The first-order valence-electron chi connectivity index (χ1n) is 19.6. The first-order valence-corrected chi connectivity index (χ1v) is 19.6. The molecule has 0 aromatic rings. The van der Waals surface area contributed by atoms with Crippen LogP contribution in [0.15, 0.2) is 0 Å². The van der Waals surface area contributed by atoms with Crippen molar-refractivity contribution in [3.05, 3.63) is 0 Å². The summed E-state index contributed by atoms with van der Waals surface area (Å²) >= 11 is 0. The van der Waals surface area contributed by atoms with Gasteiger partial charge in [-0.25, -0.2) is 0 Å². The lowest BCUT2D eigenvalue weighted by molar-refractivity contribution is -0.395. The minimum atomic E-state index is -2.18. The van der Waals surface area contributed by atoms with Crippen molar-refractivity contribution in [1.29, 1.82) is 0 Å². The maximum absolute atomic E-state index is 12.4. The number of amides is 2. The van der Waals surface area contributed by atoms with Gasteiger partial charge in [-0.3, -0.25) is 9.59 Å². The average molecular weight is 911 g/mol. The fraction of sp³-hybridized carbons (Fsp3) is 0.941. The molecular formula is C34H58N2O26. The fourth-order valence-electron chi connectivity index (χ4n) is 7.82. The van der Waals surface area contributed by atoms with Crippen LogP contribution in [0.2, 0.25) is 0 Å². The third-order valence-electron chi connectivity index (χ3n) is 11.1. The van der Waals surface area contributed by atoms with E-state index in [-0.39, 0.29) is 0 Å². The normalized spacial score (nSPS) is 49.0. The second-order valence-corrected chi connectivity index (χ2v) is 15.4. The molecule has 28 nitrogen and oxygen atoms in total. The predicted molar refractivity (Wildman–Crippen MR) is 190 cm³/mol. The van der Waals surface area contributed by atoms with Crippen molar-refractivity contribution >= 4 is 11.8 Å². The van der Waals surface area contributed by atoms with Crippen LogP contribution in [0.4, 0.5) is 0 Å². The molecule has 0 bridgehead atoms. The van der Waals surface area contributed by atoms with Crippen LogP contribution in [0.5, 0.6) is 0 Å². The molecule has 0 spiro atoms. The van der Waals surface area contributed by atoms with Gasteiger partial charge in [0.1, 0.15) is 122 Å². The molecule has 2 amide bonds. The Morgan fingerprint density at radius 1 is 0.387 bits per heavy atom. The molecule has 1 unspecified atom stereocenters. The molecule has 62 heavy (non-hydrogen) atoms. The van der Waals surface area contributed by atoms with E-state index in [9.17, 15) is 86.2 Å². The minimum Gasteiger partial charge on any atom is -0.394 e. The Kier molecular flexibility index (Phi) is 18.1. The molecule has 0 aromatic carbocycles. The second kappa shape index (κ2) is 22.0. The van der Waals surface area contributed by atoms with E-state index in [2.05, 4.69) is 10.6 Å². The van der Waals surface area contributed by atoms with Crippen LogP contribution in [-0.2, 0) is 52.2 Å². The smallest absolute Gasteiger partial charge is 0.217 e. The fourth-order valence-corrected chi connectivity index (χ4v) is 7.82. The molecular weight excluding hydrogens is 852 g/mol. The van der Waals surface area contributed by atoms with Gasteiger partial charge in [-0.2, -0.15) is 0 Å². The number of aliphatic hydroxyl groups excluding tert-OH is 15. The van der Waals surface area contributed by atoms with Crippen LogP contribution in [0, 0.1) is 0 Å². The van der Waals surface area contributed by atoms with E-state index in [4.69, 9.17) is 42.6 Å². The average Bonchev–Trinajstić information content (AvgIpc) is 3.23. The van der Waals surface area contributed by atoms with E-state index in [1.165, 1.54) is 0 Å². The standard InChI is InChI=1S/C34H58N2O26/c1-8(42)35-15-20(47)26(13(6-40)54-30(15)53)59-31-16(36-9(2)43)21(48)27(14(7-41)58-31)60-33-25(52)28(19(46)12(5-39)56-33)61-34-29(23(50)18(45)11(4-38)57-34)62-32-24(51)22(49)17(44)10(3-37)55-32/h10-34,37-41,44-53H,3-7H2,1-2H3,(H,35,42)(H,36,43)/t10-,11-,12-,13-,14-,15-,16-,17-,18-,19-,20-,21-,22+,23+,24+,25+,26-,27-,28+,29+,30?,31+,32-,33+,34-/m1/s1. The molecule has 0 aromatic heterocycles. The molecule has 5 fully saturated rings. The maximum atomic E-state index is 12.4. The summed E-state index contributed by atoms with van der Waals surface area (Å²) in [6.45, 7) is -2.53. The van der Waals surface area contributed by atoms with Crippen LogP contribution in [0.25, 0.3) is 0 Å². The Bertz CT molecular complexity index is 1440. The topological polar surface area (TPSA) is 445 Å². The van der Waals surface area contributed by atoms with Crippen LogP contribution in [0.3, 0.4) is 0 Å². The Morgan fingerprint density at radius 3 is 1.31 bits per heavy atom. The third-order valence-corrected chi connectivity index (χ3v) is 11.1. The molecule has 25 atom stereocenters. The molecule has 5 rings (SSSR count). The van der Waals surface area contributed by atoms with Gasteiger partial charge in [0.15, 0.2) is 31.5 Å². The number of carbonyl (C=O) groups is 2. The molecule has 5 saturated heterocycles. The highest BCUT2D eigenvalue weighted by atomic mass is 16.8. The Labute approximate surface area is 351 Å². The summed E-state index contributed by atoms with van der Waals surface area (Å²) in [4.78, 5) is 24.2. The Morgan fingerprint density at radius 2 is 0.774 bits per heavy atom. The molecule has 0 radical (unpaired) electrons. The number of hydrogen-bond acceptors (Lipinski definition) is 26. The maximum Gasteiger partial charge on any atom is 0.217 e. The lowest BCUT2D eigenvalue weighted by Crippen LogP contribution is -2.70. The molecule has 5 aliphatic heterocycles. The molecule has 0 aliphatic carbocycles. The number of rotatable bonds is 15. The summed E-state index contributed by atoms with van der Waals surface area (Å²) in [5.74, 6) is -1.47. The van der Waals surface area contributed by atoms with E-state index in [1.807, 2.05) is 0 Å². The Balaban J connectivity index is 1.38. The quantitative estimate of drug-likeness (QED) is 0.0725. The summed E-state index contributed by atoms with van der Waals surface area (Å²) < 4.78 is 51.0. The van der Waals surface area contributed by atoms with Crippen LogP contribution in [-0.4, -0.2) is 275 Å². The molecule has 360 valence electrons. The van der Waals surface area contributed by atoms with Crippen molar-refractivity contribution in [2.75, 3.05) is 33.0 Å². The summed E-state index contributed by atoms with van der Waals surface area (Å²) in [6, 6.07) is -3.16. The van der Waals surface area contributed by atoms with E-state index in [1.54, 1.807) is 0 Å². The zero-order valence-electron chi connectivity index (χ0n) is 33.2. The van der Waals surface area contributed by atoms with E-state index in [0.29, 0.717) is 0 Å². The van der Waals surface area contributed by atoms with E-state index < -0.39 is 198 Å². The van der Waals surface area contributed by atoms with Gasteiger partial charge in [0, 0.05) is 13.8 Å². The van der Waals surface area contributed by atoms with Gasteiger partial charge in [0.25, 0.3) is 0 Å². The molecule has 28 heteroatoms. The van der Waals surface area contributed by atoms with Gasteiger partial charge in [-0.15, -0.1) is 0 Å². The summed E-state index contributed by atoms with van der Waals surface area (Å²) in [7, 11) is 0. The van der Waals surface area contributed by atoms with E-state index >= 15 is 0 Å². The first kappa shape index (κ1) is 51.0. The van der Waals surface area contributed by atoms with Gasteiger partial charge >= 0.3 is 0 Å². The number of ether oxygens (including phenoxy) is 9. The van der Waals surface area contributed by atoms with Crippen LogP contribution >= 0.6 is 0 Å². The minimum absolute atomic E-state index is 0.687. The zero-order valence-corrected chi connectivity index (χ0v) is 33.2.